The molecule has 0 bridgehead atoms. The largest absolute Gasteiger partial charge is 0.493 e. The molecule has 82 valence electrons. The molecule has 2 rings (SSSR count). The fraction of sp³-hybridized carbons (Fsp3) is 0.538. The minimum Gasteiger partial charge on any atom is -0.493 e. The second kappa shape index (κ2) is 3.86. The maximum atomic E-state index is 5.64. The quantitative estimate of drug-likeness (QED) is 0.766. The van der Waals surface area contributed by atoms with Crippen LogP contribution in [0.5, 0.6) is 5.75 Å². The molecule has 1 fully saturated rings. The summed E-state index contributed by atoms with van der Waals surface area (Å²) in [6, 6.07) is 8.41. The van der Waals surface area contributed by atoms with E-state index in [1.807, 2.05) is 0 Å². The number of hydrogen-bond acceptors (Lipinski definition) is 2. The fourth-order valence-corrected chi connectivity index (χ4v) is 1.52. The standard InChI is InChI=1S/C13H19NO/c1-10(2)8-15-12-6-4-11(5-7-12)13(3)9-14-13/h4-7,10,14H,8-9H2,1-3H3. The molecule has 1 atom stereocenters. The Bertz CT molecular complexity index is 325. The van der Waals surface area contributed by atoms with Crippen molar-refractivity contribution in [2.45, 2.75) is 26.3 Å². The molecule has 0 amide bonds. The SMILES string of the molecule is CC(C)COc1ccc(C2(C)CN2)cc1. The van der Waals surface area contributed by atoms with Gasteiger partial charge < -0.3 is 10.1 Å². The summed E-state index contributed by atoms with van der Waals surface area (Å²) in [6.45, 7) is 8.40. The zero-order chi connectivity index (χ0) is 10.9. The van der Waals surface area contributed by atoms with Gasteiger partial charge in [-0.15, -0.1) is 0 Å². The van der Waals surface area contributed by atoms with E-state index in [0.717, 1.165) is 18.9 Å². The van der Waals surface area contributed by atoms with E-state index in [-0.39, 0.29) is 5.54 Å². The Morgan fingerprint density at radius 2 is 1.93 bits per heavy atom. The summed E-state index contributed by atoms with van der Waals surface area (Å²) in [5.74, 6) is 1.55. The molecule has 1 N–H and O–H groups in total. The van der Waals surface area contributed by atoms with Crippen LogP contribution in [0.4, 0.5) is 0 Å². The van der Waals surface area contributed by atoms with Crippen LogP contribution in [0.15, 0.2) is 24.3 Å². The highest BCUT2D eigenvalue weighted by molar-refractivity contribution is 5.34. The third-order valence-electron chi connectivity index (χ3n) is 2.78. The van der Waals surface area contributed by atoms with Crippen molar-refractivity contribution in [3.05, 3.63) is 29.8 Å². The van der Waals surface area contributed by atoms with E-state index in [2.05, 4.69) is 50.4 Å². The summed E-state index contributed by atoms with van der Waals surface area (Å²) in [7, 11) is 0. The van der Waals surface area contributed by atoms with Gasteiger partial charge in [-0.25, -0.2) is 0 Å². The van der Waals surface area contributed by atoms with Crippen molar-refractivity contribution in [1.82, 2.24) is 5.32 Å². The highest BCUT2D eigenvalue weighted by Crippen LogP contribution is 2.30. The summed E-state index contributed by atoms with van der Waals surface area (Å²) in [6.07, 6.45) is 0. The Balaban J connectivity index is 1.98. The van der Waals surface area contributed by atoms with Crippen molar-refractivity contribution in [2.75, 3.05) is 13.2 Å². The van der Waals surface area contributed by atoms with Crippen LogP contribution in [0.1, 0.15) is 26.3 Å². The Morgan fingerprint density at radius 1 is 1.33 bits per heavy atom. The van der Waals surface area contributed by atoms with E-state index < -0.39 is 0 Å². The molecule has 1 aliphatic heterocycles. The van der Waals surface area contributed by atoms with Crippen LogP contribution in [0.2, 0.25) is 0 Å². The molecule has 1 unspecified atom stereocenters. The molecular weight excluding hydrogens is 186 g/mol. The zero-order valence-corrected chi connectivity index (χ0v) is 9.71. The summed E-state index contributed by atoms with van der Waals surface area (Å²) < 4.78 is 5.64. The molecule has 0 saturated carbocycles. The van der Waals surface area contributed by atoms with E-state index in [1.54, 1.807) is 0 Å². The lowest BCUT2D eigenvalue weighted by Crippen LogP contribution is -2.07. The van der Waals surface area contributed by atoms with E-state index >= 15 is 0 Å². The monoisotopic (exact) mass is 205 g/mol. The number of benzene rings is 1. The number of nitrogens with one attached hydrogen (secondary N) is 1. The summed E-state index contributed by atoms with van der Waals surface area (Å²) in [5.41, 5.74) is 1.57. The van der Waals surface area contributed by atoms with Crippen LogP contribution in [-0.2, 0) is 5.54 Å². The van der Waals surface area contributed by atoms with Crippen LogP contribution in [-0.4, -0.2) is 13.2 Å². The lowest BCUT2D eigenvalue weighted by atomic mass is 10.0. The molecular formula is C13H19NO. The number of rotatable bonds is 4. The van der Waals surface area contributed by atoms with Gasteiger partial charge in [-0.1, -0.05) is 26.0 Å². The third-order valence-corrected chi connectivity index (χ3v) is 2.78. The van der Waals surface area contributed by atoms with Crippen LogP contribution in [0.25, 0.3) is 0 Å². The average Bonchev–Trinajstić information content (AvgIpc) is 2.96. The van der Waals surface area contributed by atoms with Crippen LogP contribution >= 0.6 is 0 Å². The topological polar surface area (TPSA) is 31.2 Å². The second-order valence-electron chi connectivity index (χ2n) is 4.91. The molecule has 0 aromatic heterocycles. The van der Waals surface area contributed by atoms with Gasteiger partial charge in [0.25, 0.3) is 0 Å². The fourth-order valence-electron chi connectivity index (χ4n) is 1.52. The highest BCUT2D eigenvalue weighted by atomic mass is 16.5. The molecule has 0 radical (unpaired) electrons. The van der Waals surface area contributed by atoms with Crippen LogP contribution in [0.3, 0.4) is 0 Å². The minimum absolute atomic E-state index is 0.219. The van der Waals surface area contributed by atoms with Crippen molar-refractivity contribution in [2.24, 2.45) is 5.92 Å². The molecule has 1 heterocycles. The average molecular weight is 205 g/mol. The van der Waals surface area contributed by atoms with Gasteiger partial charge in [-0.2, -0.15) is 0 Å². The third kappa shape index (κ3) is 2.51. The first kappa shape index (κ1) is 10.5. The predicted molar refractivity (Wildman–Crippen MR) is 62.1 cm³/mol. The lowest BCUT2D eigenvalue weighted by molar-refractivity contribution is 0.271. The molecule has 0 aliphatic carbocycles. The number of ether oxygens (including phenoxy) is 1. The van der Waals surface area contributed by atoms with Crippen molar-refractivity contribution >= 4 is 0 Å². The predicted octanol–water partition coefficient (Wildman–Crippen LogP) is 2.54. The van der Waals surface area contributed by atoms with Crippen LogP contribution in [0, 0.1) is 5.92 Å². The molecule has 0 spiro atoms. The van der Waals surface area contributed by atoms with Gasteiger partial charge in [-0.05, 0) is 30.5 Å². The number of hydrogen-bond donors (Lipinski definition) is 1. The van der Waals surface area contributed by atoms with Gasteiger partial charge in [-0.3, -0.25) is 0 Å². The van der Waals surface area contributed by atoms with Gasteiger partial charge in [0.05, 0.1) is 12.1 Å². The molecule has 1 aromatic carbocycles. The Hall–Kier alpha value is -1.02. The van der Waals surface area contributed by atoms with E-state index in [0.29, 0.717) is 5.92 Å². The maximum absolute atomic E-state index is 5.64. The first-order chi connectivity index (χ1) is 7.10. The Morgan fingerprint density at radius 3 is 2.40 bits per heavy atom. The molecule has 15 heavy (non-hydrogen) atoms. The Kier molecular flexibility index (Phi) is 2.70. The van der Waals surface area contributed by atoms with Crippen molar-refractivity contribution in [1.29, 1.82) is 0 Å². The summed E-state index contributed by atoms with van der Waals surface area (Å²) in [5, 5.41) is 3.36. The zero-order valence-electron chi connectivity index (χ0n) is 9.71. The van der Waals surface area contributed by atoms with Gasteiger partial charge >= 0.3 is 0 Å². The lowest BCUT2D eigenvalue weighted by Gasteiger charge is -2.11. The van der Waals surface area contributed by atoms with Gasteiger partial charge in [0.2, 0.25) is 0 Å². The van der Waals surface area contributed by atoms with Gasteiger partial charge in [0.1, 0.15) is 5.75 Å². The van der Waals surface area contributed by atoms with Gasteiger partial charge in [0, 0.05) is 6.54 Å². The van der Waals surface area contributed by atoms with Gasteiger partial charge in [0.15, 0.2) is 0 Å². The van der Waals surface area contributed by atoms with Crippen molar-refractivity contribution in [3.8, 4) is 5.75 Å². The molecule has 2 heteroatoms. The summed E-state index contributed by atoms with van der Waals surface area (Å²) in [4.78, 5) is 0. The van der Waals surface area contributed by atoms with Crippen molar-refractivity contribution < 1.29 is 4.74 Å². The van der Waals surface area contributed by atoms with Crippen LogP contribution < -0.4 is 10.1 Å². The Labute approximate surface area is 91.6 Å². The minimum atomic E-state index is 0.219. The molecule has 2 nitrogen and oxygen atoms in total. The smallest absolute Gasteiger partial charge is 0.119 e. The maximum Gasteiger partial charge on any atom is 0.119 e. The normalized spacial score (nSPS) is 24.3. The van der Waals surface area contributed by atoms with E-state index in [9.17, 15) is 0 Å². The molecule has 1 saturated heterocycles. The molecule has 1 aromatic rings. The summed E-state index contributed by atoms with van der Waals surface area (Å²) >= 11 is 0. The highest BCUT2D eigenvalue weighted by Gasteiger charge is 2.37. The molecule has 1 aliphatic rings. The second-order valence-corrected chi connectivity index (χ2v) is 4.91. The first-order valence-corrected chi connectivity index (χ1v) is 5.58. The first-order valence-electron chi connectivity index (χ1n) is 5.58. The van der Waals surface area contributed by atoms with E-state index in [4.69, 9.17) is 4.74 Å². The van der Waals surface area contributed by atoms with E-state index in [1.165, 1.54) is 5.56 Å². The van der Waals surface area contributed by atoms with Crippen molar-refractivity contribution in [3.63, 3.8) is 0 Å².